The minimum Gasteiger partial charge on any atom is -0.508 e. The van der Waals surface area contributed by atoms with Gasteiger partial charge in [0.05, 0.1) is 24.9 Å². The lowest BCUT2D eigenvalue weighted by molar-refractivity contribution is -0.147. The molecule has 7 N–H and O–H groups in total. The fourth-order valence-corrected chi connectivity index (χ4v) is 9.82. The molecule has 0 aromatic heterocycles. The number of aromatic hydroxyl groups is 6. The van der Waals surface area contributed by atoms with E-state index in [1.54, 1.807) is 36.4 Å². The summed E-state index contributed by atoms with van der Waals surface area (Å²) in [4.78, 5) is 22.2. The van der Waals surface area contributed by atoms with Gasteiger partial charge in [-0.05, 0) is 192 Å². The number of phenolic OH excluding ortho intramolecular Hbond substituents is 6. The number of carbonyl (C=O) groups is 2. The van der Waals surface area contributed by atoms with Crippen molar-refractivity contribution in [3.8, 4) is 56.8 Å². The number of phenols is 6. The summed E-state index contributed by atoms with van der Waals surface area (Å²) >= 11 is 0. The van der Waals surface area contributed by atoms with Gasteiger partial charge in [-0.25, -0.2) is 0 Å². The van der Waals surface area contributed by atoms with E-state index in [-0.39, 0.29) is 30.9 Å². The molecule has 380 valence electrons. The first-order valence-electron chi connectivity index (χ1n) is 24.6. The van der Waals surface area contributed by atoms with E-state index in [9.17, 15) is 40.2 Å². The zero-order valence-corrected chi connectivity index (χ0v) is 42.9. The van der Waals surface area contributed by atoms with Gasteiger partial charge in [0.25, 0.3) is 0 Å². The third kappa shape index (κ3) is 11.2. The molecule has 0 radical (unpaired) electrons. The van der Waals surface area contributed by atoms with Crippen molar-refractivity contribution in [1.82, 2.24) is 0 Å². The molecular formula is C64H64O10. The number of ether oxygens (including phenoxy) is 1. The topological polar surface area (TPSA) is 185 Å². The van der Waals surface area contributed by atoms with Crippen LogP contribution in [0.3, 0.4) is 0 Å². The van der Waals surface area contributed by atoms with Gasteiger partial charge in [-0.15, -0.1) is 0 Å². The summed E-state index contributed by atoms with van der Waals surface area (Å²) in [5.74, 6) is 0.111. The van der Waals surface area contributed by atoms with Gasteiger partial charge in [0.2, 0.25) is 0 Å². The lowest BCUT2D eigenvalue weighted by atomic mass is 9.67. The van der Waals surface area contributed by atoms with Gasteiger partial charge in [0.1, 0.15) is 34.5 Å². The summed E-state index contributed by atoms with van der Waals surface area (Å²) in [6, 6.07) is 50.8. The maximum absolute atomic E-state index is 11.6. The van der Waals surface area contributed by atoms with Gasteiger partial charge in [0.15, 0.2) is 0 Å². The van der Waals surface area contributed by atoms with E-state index in [0.29, 0.717) is 35.8 Å². The first-order chi connectivity index (χ1) is 35.2. The highest BCUT2D eigenvalue weighted by molar-refractivity contribution is 5.86. The van der Waals surface area contributed by atoms with Crippen molar-refractivity contribution in [3.05, 3.63) is 224 Å². The van der Waals surface area contributed by atoms with Gasteiger partial charge in [-0.3, -0.25) is 9.59 Å². The fourth-order valence-electron chi connectivity index (χ4n) is 9.82. The summed E-state index contributed by atoms with van der Waals surface area (Å²) in [6.07, 6.45) is 0.861. The monoisotopic (exact) mass is 992 g/mol. The Morgan fingerprint density at radius 2 is 0.824 bits per heavy atom. The van der Waals surface area contributed by atoms with E-state index in [1.165, 1.54) is 22.3 Å². The molecule has 0 saturated carbocycles. The number of carboxylic acid groups (broad SMARTS) is 1. The molecule has 74 heavy (non-hydrogen) atoms. The molecule has 0 aliphatic heterocycles. The quantitative estimate of drug-likeness (QED) is 0.0459. The molecule has 10 heteroatoms. The molecule has 0 atom stereocenters. The Labute approximate surface area is 433 Å². The Morgan fingerprint density at radius 3 is 1.20 bits per heavy atom. The summed E-state index contributed by atoms with van der Waals surface area (Å²) < 4.78 is 5.16. The van der Waals surface area contributed by atoms with Crippen LogP contribution in [0.15, 0.2) is 158 Å². The van der Waals surface area contributed by atoms with Crippen molar-refractivity contribution < 1.29 is 50.1 Å². The van der Waals surface area contributed by atoms with Gasteiger partial charge in [0, 0.05) is 5.41 Å². The van der Waals surface area contributed by atoms with Crippen LogP contribution >= 0.6 is 0 Å². The number of benzene rings is 8. The smallest absolute Gasteiger partial charge is 0.306 e. The summed E-state index contributed by atoms with van der Waals surface area (Å²) in [5.41, 5.74) is 15.2. The number of esters is 1. The van der Waals surface area contributed by atoms with Crippen LogP contribution in [0.5, 0.6) is 34.5 Å². The number of carboxylic acids is 1. The number of fused-ring (bicyclic) bond motifs is 3. The van der Waals surface area contributed by atoms with Crippen molar-refractivity contribution in [1.29, 1.82) is 0 Å². The molecule has 0 spiro atoms. The van der Waals surface area contributed by atoms with E-state index in [1.807, 2.05) is 102 Å². The number of aryl methyl sites for hydroxylation is 6. The Kier molecular flexibility index (Phi) is 16.2. The largest absolute Gasteiger partial charge is 0.508 e. The molecule has 1 aliphatic carbocycles. The molecule has 0 amide bonds. The van der Waals surface area contributed by atoms with Gasteiger partial charge in [-0.1, -0.05) is 116 Å². The predicted octanol–water partition coefficient (Wildman–Crippen LogP) is 13.7. The number of carbonyl (C=O) groups excluding carboxylic acids is 1. The van der Waals surface area contributed by atoms with Crippen molar-refractivity contribution >= 4 is 11.9 Å². The highest BCUT2D eigenvalue weighted by Gasteiger charge is 2.46. The van der Waals surface area contributed by atoms with Crippen LogP contribution in [0.1, 0.15) is 99.4 Å². The molecule has 0 bridgehead atoms. The zero-order valence-electron chi connectivity index (χ0n) is 42.9. The minimum atomic E-state index is -1.03. The maximum Gasteiger partial charge on any atom is 0.306 e. The number of rotatable bonds is 12. The first kappa shape index (κ1) is 53.3. The van der Waals surface area contributed by atoms with E-state index >= 15 is 0 Å². The van der Waals surface area contributed by atoms with Crippen molar-refractivity contribution in [2.45, 2.75) is 85.0 Å². The van der Waals surface area contributed by atoms with Gasteiger partial charge in [-0.2, -0.15) is 0 Å². The highest BCUT2D eigenvalue weighted by atomic mass is 16.5. The van der Waals surface area contributed by atoms with Crippen LogP contribution < -0.4 is 0 Å². The number of aliphatic carboxylic acids is 1. The standard InChI is InChI=1S/C27H22O2.C23H28O6.C14H14O2/c1-17-15-19(11-13-25(17)28)27(20-12-14-26(29)18(2)16-20)23-9-5-3-7-21(23)22-8-4-6-10-24(22)27;1-15-13-17(5-7-19(15)24)23(3,18-6-8-20(25)16(2)14-18)11-4-12-29-22(28)10-9-21(26)27;1-9-7-11(3-5-13(9)15)12-4-6-14(16)10(2)8-12/h3-16,28-29H,1-2H3;5-8,13-14,24-25H,4,9-12H2,1-3H3,(H,26,27);3-8,15-16H,1-2H3. The van der Waals surface area contributed by atoms with Crippen LogP contribution in [0.2, 0.25) is 0 Å². The average molecular weight is 993 g/mol. The van der Waals surface area contributed by atoms with Crippen molar-refractivity contribution in [3.63, 3.8) is 0 Å². The molecular weight excluding hydrogens is 929 g/mol. The van der Waals surface area contributed by atoms with Crippen LogP contribution in [0, 0.1) is 41.5 Å². The highest BCUT2D eigenvalue weighted by Crippen LogP contribution is 2.56. The van der Waals surface area contributed by atoms with E-state index in [4.69, 9.17) is 9.84 Å². The first-order valence-corrected chi connectivity index (χ1v) is 24.6. The van der Waals surface area contributed by atoms with Crippen molar-refractivity contribution in [2.75, 3.05) is 6.61 Å². The van der Waals surface area contributed by atoms with Crippen LogP contribution in [-0.2, 0) is 25.2 Å². The zero-order chi connectivity index (χ0) is 53.5. The Bertz CT molecular complexity index is 3150. The second-order valence-corrected chi connectivity index (χ2v) is 19.4. The second-order valence-electron chi connectivity index (χ2n) is 19.4. The van der Waals surface area contributed by atoms with Crippen LogP contribution in [-0.4, -0.2) is 54.3 Å². The Balaban J connectivity index is 0.000000169. The fraction of sp³-hybridized carbons (Fsp3) is 0.219. The predicted molar refractivity (Wildman–Crippen MR) is 290 cm³/mol. The molecule has 9 rings (SSSR count). The van der Waals surface area contributed by atoms with Gasteiger partial charge < -0.3 is 40.5 Å². The molecule has 8 aromatic rings. The Morgan fingerprint density at radius 1 is 0.459 bits per heavy atom. The average Bonchev–Trinajstić information content (AvgIpc) is 3.68. The van der Waals surface area contributed by atoms with Gasteiger partial charge >= 0.3 is 11.9 Å². The summed E-state index contributed by atoms with van der Waals surface area (Å²) in [6.45, 7) is 13.6. The minimum absolute atomic E-state index is 0.138. The third-order valence-electron chi connectivity index (χ3n) is 14.2. The summed E-state index contributed by atoms with van der Waals surface area (Å²) in [5, 5.41) is 67.7. The molecule has 0 heterocycles. The molecule has 0 saturated heterocycles. The number of hydrogen-bond donors (Lipinski definition) is 7. The number of hydrogen-bond acceptors (Lipinski definition) is 9. The Hall–Kier alpha value is -8.50. The molecule has 1 aliphatic rings. The van der Waals surface area contributed by atoms with E-state index in [2.05, 4.69) is 67.6 Å². The molecule has 10 nitrogen and oxygen atoms in total. The van der Waals surface area contributed by atoms with Crippen LogP contribution in [0.25, 0.3) is 22.3 Å². The lowest BCUT2D eigenvalue weighted by Crippen LogP contribution is -2.28. The molecule has 0 fully saturated rings. The van der Waals surface area contributed by atoms with E-state index < -0.39 is 22.8 Å². The SMILES string of the molecule is Cc1cc(-c2ccc(O)c(C)c2)ccc1O.Cc1cc(C(C)(CCCOC(=O)CCC(=O)O)c2ccc(O)c(C)c2)ccc1O.Cc1cc(C2(c3ccc(O)c(C)c3)c3ccccc3-c3ccccc32)ccc1O. The van der Waals surface area contributed by atoms with E-state index in [0.717, 1.165) is 66.8 Å². The lowest BCUT2D eigenvalue weighted by Gasteiger charge is -2.34. The molecule has 0 unspecified atom stereocenters. The summed E-state index contributed by atoms with van der Waals surface area (Å²) in [7, 11) is 0. The van der Waals surface area contributed by atoms with Crippen molar-refractivity contribution in [2.24, 2.45) is 0 Å². The normalized spacial score (nSPS) is 12.0. The maximum atomic E-state index is 11.6. The third-order valence-corrected chi connectivity index (χ3v) is 14.2. The second kappa shape index (κ2) is 22.5. The van der Waals surface area contributed by atoms with Crippen LogP contribution in [0.4, 0.5) is 0 Å². The molecule has 8 aromatic carbocycles.